The van der Waals surface area contributed by atoms with E-state index in [1.54, 1.807) is 0 Å². The van der Waals surface area contributed by atoms with Gasteiger partial charge in [-0.2, -0.15) is 0 Å². The fourth-order valence-corrected chi connectivity index (χ4v) is 1.49. The molecule has 0 aliphatic carbocycles. The molecule has 1 aromatic rings. The van der Waals surface area contributed by atoms with Crippen LogP contribution in [0.5, 0.6) is 0 Å². The molecule has 1 aliphatic heterocycles. The summed E-state index contributed by atoms with van der Waals surface area (Å²) in [7, 11) is 0. The SMILES string of the molecule is Cc1cnc(C2CCNC2)nc1. The highest BCUT2D eigenvalue weighted by atomic mass is 14.9. The van der Waals surface area contributed by atoms with Crippen molar-refractivity contribution in [1.29, 1.82) is 0 Å². The van der Waals surface area contributed by atoms with Crippen molar-refractivity contribution >= 4 is 0 Å². The monoisotopic (exact) mass is 163 g/mol. The van der Waals surface area contributed by atoms with Gasteiger partial charge in [-0.25, -0.2) is 9.97 Å². The average molecular weight is 163 g/mol. The summed E-state index contributed by atoms with van der Waals surface area (Å²) < 4.78 is 0. The Labute approximate surface area is 72.2 Å². The summed E-state index contributed by atoms with van der Waals surface area (Å²) in [5.74, 6) is 1.52. The maximum atomic E-state index is 4.31. The number of nitrogens with one attached hydrogen (secondary N) is 1. The lowest BCUT2D eigenvalue weighted by Crippen LogP contribution is -2.10. The van der Waals surface area contributed by atoms with Gasteiger partial charge >= 0.3 is 0 Å². The summed E-state index contributed by atoms with van der Waals surface area (Å²) in [5.41, 5.74) is 1.13. The van der Waals surface area contributed by atoms with Gasteiger partial charge in [-0.3, -0.25) is 0 Å². The first-order valence-electron chi connectivity index (χ1n) is 4.35. The first-order valence-corrected chi connectivity index (χ1v) is 4.35. The predicted octanol–water partition coefficient (Wildman–Crippen LogP) is 0.862. The van der Waals surface area contributed by atoms with E-state index < -0.39 is 0 Å². The van der Waals surface area contributed by atoms with Crippen molar-refractivity contribution in [3.8, 4) is 0 Å². The number of rotatable bonds is 1. The van der Waals surface area contributed by atoms with E-state index in [9.17, 15) is 0 Å². The third kappa shape index (κ3) is 1.46. The summed E-state index contributed by atoms with van der Waals surface area (Å²) >= 11 is 0. The van der Waals surface area contributed by atoms with Crippen LogP contribution in [0, 0.1) is 6.92 Å². The molecule has 1 unspecified atom stereocenters. The van der Waals surface area contributed by atoms with Crippen molar-refractivity contribution in [2.75, 3.05) is 13.1 Å². The smallest absolute Gasteiger partial charge is 0.132 e. The molecule has 1 atom stereocenters. The third-order valence-electron chi connectivity index (χ3n) is 2.23. The molecule has 3 heteroatoms. The Morgan fingerprint density at radius 3 is 2.75 bits per heavy atom. The largest absolute Gasteiger partial charge is 0.316 e. The Kier molecular flexibility index (Phi) is 2.04. The van der Waals surface area contributed by atoms with Gasteiger partial charge in [-0.05, 0) is 25.5 Å². The zero-order valence-electron chi connectivity index (χ0n) is 7.25. The minimum Gasteiger partial charge on any atom is -0.316 e. The van der Waals surface area contributed by atoms with E-state index in [2.05, 4.69) is 15.3 Å². The minimum absolute atomic E-state index is 0.533. The van der Waals surface area contributed by atoms with Gasteiger partial charge in [0.2, 0.25) is 0 Å². The molecule has 1 aromatic heterocycles. The van der Waals surface area contributed by atoms with Crippen LogP contribution in [0.1, 0.15) is 23.7 Å². The molecule has 2 rings (SSSR count). The first kappa shape index (κ1) is 7.68. The molecule has 64 valence electrons. The second kappa shape index (κ2) is 3.19. The van der Waals surface area contributed by atoms with Crippen LogP contribution in [0.2, 0.25) is 0 Å². The van der Waals surface area contributed by atoms with Crippen molar-refractivity contribution in [3.63, 3.8) is 0 Å². The molecule has 1 fully saturated rings. The number of hydrogen-bond donors (Lipinski definition) is 1. The van der Waals surface area contributed by atoms with E-state index in [0.717, 1.165) is 24.5 Å². The Balaban J connectivity index is 2.17. The first-order chi connectivity index (χ1) is 5.86. The molecule has 0 amide bonds. The second-order valence-electron chi connectivity index (χ2n) is 3.31. The van der Waals surface area contributed by atoms with E-state index in [1.165, 1.54) is 6.42 Å². The summed E-state index contributed by atoms with van der Waals surface area (Å²) in [6.07, 6.45) is 4.95. The molecule has 1 saturated heterocycles. The van der Waals surface area contributed by atoms with Gasteiger partial charge in [0.25, 0.3) is 0 Å². The van der Waals surface area contributed by atoms with Crippen LogP contribution >= 0.6 is 0 Å². The van der Waals surface area contributed by atoms with Crippen LogP contribution in [0.15, 0.2) is 12.4 Å². The van der Waals surface area contributed by atoms with Gasteiger partial charge in [0.05, 0.1) is 0 Å². The molecule has 3 nitrogen and oxygen atoms in total. The molecule has 0 aromatic carbocycles. The minimum atomic E-state index is 0.533. The Hall–Kier alpha value is -0.960. The van der Waals surface area contributed by atoms with E-state index in [1.807, 2.05) is 19.3 Å². The van der Waals surface area contributed by atoms with Crippen LogP contribution in [-0.2, 0) is 0 Å². The standard InChI is InChI=1S/C9H13N3/c1-7-4-11-9(12-5-7)8-2-3-10-6-8/h4-5,8,10H,2-3,6H2,1H3. The van der Waals surface area contributed by atoms with Crippen molar-refractivity contribution in [2.45, 2.75) is 19.3 Å². The molecular weight excluding hydrogens is 150 g/mol. The Morgan fingerprint density at radius 1 is 1.42 bits per heavy atom. The Bertz CT molecular complexity index is 249. The number of aryl methyl sites for hydroxylation is 1. The van der Waals surface area contributed by atoms with Crippen molar-refractivity contribution in [3.05, 3.63) is 23.8 Å². The van der Waals surface area contributed by atoms with Gasteiger partial charge in [-0.1, -0.05) is 0 Å². The lowest BCUT2D eigenvalue weighted by molar-refractivity contribution is 0.699. The fraction of sp³-hybridized carbons (Fsp3) is 0.556. The summed E-state index contributed by atoms with van der Waals surface area (Å²) in [5, 5.41) is 3.31. The molecule has 0 bridgehead atoms. The highest BCUT2D eigenvalue weighted by Crippen LogP contribution is 2.17. The average Bonchev–Trinajstić information content (AvgIpc) is 2.58. The highest BCUT2D eigenvalue weighted by molar-refractivity contribution is 5.06. The van der Waals surface area contributed by atoms with Gasteiger partial charge in [0, 0.05) is 24.9 Å². The number of hydrogen-bond acceptors (Lipinski definition) is 3. The lowest BCUT2D eigenvalue weighted by Gasteiger charge is -2.05. The summed E-state index contributed by atoms with van der Waals surface area (Å²) in [6, 6.07) is 0. The van der Waals surface area contributed by atoms with E-state index in [4.69, 9.17) is 0 Å². The molecular formula is C9H13N3. The molecule has 0 spiro atoms. The molecule has 2 heterocycles. The Morgan fingerprint density at radius 2 is 2.17 bits per heavy atom. The fourth-order valence-electron chi connectivity index (χ4n) is 1.49. The number of aromatic nitrogens is 2. The van der Waals surface area contributed by atoms with E-state index >= 15 is 0 Å². The topological polar surface area (TPSA) is 37.8 Å². The molecule has 0 radical (unpaired) electrons. The van der Waals surface area contributed by atoms with Crippen LogP contribution in [0.25, 0.3) is 0 Å². The summed E-state index contributed by atoms with van der Waals surface area (Å²) in [4.78, 5) is 8.62. The van der Waals surface area contributed by atoms with Gasteiger partial charge in [-0.15, -0.1) is 0 Å². The zero-order chi connectivity index (χ0) is 8.39. The molecule has 1 N–H and O–H groups in total. The molecule has 1 aliphatic rings. The molecule has 12 heavy (non-hydrogen) atoms. The van der Waals surface area contributed by atoms with Gasteiger partial charge < -0.3 is 5.32 Å². The van der Waals surface area contributed by atoms with E-state index in [-0.39, 0.29) is 0 Å². The van der Waals surface area contributed by atoms with Crippen LogP contribution in [0.3, 0.4) is 0 Å². The quantitative estimate of drug-likeness (QED) is 0.667. The maximum absolute atomic E-state index is 4.31. The summed E-state index contributed by atoms with van der Waals surface area (Å²) in [6.45, 7) is 4.14. The van der Waals surface area contributed by atoms with Crippen LogP contribution in [-0.4, -0.2) is 23.1 Å². The predicted molar refractivity (Wildman–Crippen MR) is 47.0 cm³/mol. The van der Waals surface area contributed by atoms with Gasteiger partial charge in [0.1, 0.15) is 5.82 Å². The normalized spacial score (nSPS) is 22.9. The van der Waals surface area contributed by atoms with Crippen molar-refractivity contribution in [1.82, 2.24) is 15.3 Å². The third-order valence-corrected chi connectivity index (χ3v) is 2.23. The number of nitrogens with zero attached hydrogens (tertiary/aromatic N) is 2. The van der Waals surface area contributed by atoms with E-state index in [0.29, 0.717) is 5.92 Å². The molecule has 0 saturated carbocycles. The van der Waals surface area contributed by atoms with Crippen LogP contribution < -0.4 is 5.32 Å². The maximum Gasteiger partial charge on any atom is 0.132 e. The second-order valence-corrected chi connectivity index (χ2v) is 3.31. The van der Waals surface area contributed by atoms with Crippen molar-refractivity contribution < 1.29 is 0 Å². The lowest BCUT2D eigenvalue weighted by atomic mass is 10.1. The van der Waals surface area contributed by atoms with Crippen molar-refractivity contribution in [2.24, 2.45) is 0 Å². The highest BCUT2D eigenvalue weighted by Gasteiger charge is 2.18. The zero-order valence-corrected chi connectivity index (χ0v) is 7.25. The van der Waals surface area contributed by atoms with Crippen LogP contribution in [0.4, 0.5) is 0 Å². The van der Waals surface area contributed by atoms with Gasteiger partial charge in [0.15, 0.2) is 0 Å².